The quantitative estimate of drug-likeness (QED) is 0.517. The Morgan fingerprint density at radius 1 is 1.24 bits per heavy atom. The summed E-state index contributed by atoms with van der Waals surface area (Å²) in [7, 11) is 0. The molecule has 6 nitrogen and oxygen atoms in total. The van der Waals surface area contributed by atoms with E-state index in [9.17, 15) is 4.79 Å². The summed E-state index contributed by atoms with van der Waals surface area (Å²) in [5.41, 5.74) is 2.01. The molecule has 2 heterocycles. The molecule has 1 saturated carbocycles. The Kier molecular flexibility index (Phi) is 4.98. The number of aromatic amines is 1. The van der Waals surface area contributed by atoms with Crippen LogP contribution in [0, 0.1) is 5.92 Å². The summed E-state index contributed by atoms with van der Waals surface area (Å²) in [6.07, 6.45) is 5.50. The summed E-state index contributed by atoms with van der Waals surface area (Å²) < 4.78 is 0.833. The number of rotatable bonds is 5. The van der Waals surface area contributed by atoms with Gasteiger partial charge in [-0.05, 0) is 25.0 Å². The van der Waals surface area contributed by atoms with E-state index in [1.54, 1.807) is 11.8 Å². The zero-order chi connectivity index (χ0) is 17.1. The molecule has 1 aliphatic carbocycles. The number of fused-ring (bicyclic) bond motifs is 1. The molecular formula is C17H19N5OS2. The molecular weight excluding hydrogens is 354 g/mol. The standard InChI is InChI=1S/C17H19N5OS2/c23-15(11-6-2-1-3-7-11)20-16-21-22-17(25-16)24-10-14-18-12-8-4-5-9-13(12)19-14/h4-5,8-9,11H,1-3,6-7,10H2,(H,18,19)(H,20,21,23). The molecule has 25 heavy (non-hydrogen) atoms. The van der Waals surface area contributed by atoms with Crippen molar-refractivity contribution < 1.29 is 4.79 Å². The summed E-state index contributed by atoms with van der Waals surface area (Å²) in [5.74, 6) is 1.82. The van der Waals surface area contributed by atoms with Gasteiger partial charge < -0.3 is 10.3 Å². The average Bonchev–Trinajstić information content (AvgIpc) is 3.26. The van der Waals surface area contributed by atoms with Crippen molar-refractivity contribution in [3.05, 3.63) is 30.1 Å². The minimum atomic E-state index is 0.0877. The molecule has 2 N–H and O–H groups in total. The van der Waals surface area contributed by atoms with Gasteiger partial charge in [-0.15, -0.1) is 10.2 Å². The van der Waals surface area contributed by atoms with Crippen LogP contribution in [0.3, 0.4) is 0 Å². The third kappa shape index (κ3) is 4.01. The number of H-pyrrole nitrogens is 1. The molecule has 0 unspecified atom stereocenters. The molecule has 2 aromatic heterocycles. The van der Waals surface area contributed by atoms with Crippen molar-refractivity contribution in [2.45, 2.75) is 42.2 Å². The number of hydrogen-bond donors (Lipinski definition) is 2. The van der Waals surface area contributed by atoms with Crippen LogP contribution in [0.5, 0.6) is 0 Å². The van der Waals surface area contributed by atoms with Crippen LogP contribution in [0.15, 0.2) is 28.6 Å². The maximum Gasteiger partial charge on any atom is 0.229 e. The lowest BCUT2D eigenvalue weighted by Gasteiger charge is -2.19. The summed E-state index contributed by atoms with van der Waals surface area (Å²) in [5, 5.41) is 11.8. The van der Waals surface area contributed by atoms with Crippen LogP contribution >= 0.6 is 23.1 Å². The van der Waals surface area contributed by atoms with E-state index in [1.165, 1.54) is 17.8 Å². The van der Waals surface area contributed by atoms with Gasteiger partial charge in [-0.3, -0.25) is 4.79 Å². The summed E-state index contributed by atoms with van der Waals surface area (Å²) in [6.45, 7) is 0. The van der Waals surface area contributed by atoms with E-state index < -0.39 is 0 Å². The molecule has 0 aliphatic heterocycles. The van der Waals surface area contributed by atoms with Gasteiger partial charge in [0.15, 0.2) is 4.34 Å². The monoisotopic (exact) mass is 373 g/mol. The van der Waals surface area contributed by atoms with Crippen molar-refractivity contribution in [3.63, 3.8) is 0 Å². The fourth-order valence-corrected chi connectivity index (χ4v) is 4.72. The van der Waals surface area contributed by atoms with E-state index in [2.05, 4.69) is 25.5 Å². The van der Waals surface area contributed by atoms with Crippen molar-refractivity contribution in [2.24, 2.45) is 5.92 Å². The number of nitrogens with zero attached hydrogens (tertiary/aromatic N) is 3. The van der Waals surface area contributed by atoms with E-state index in [4.69, 9.17) is 0 Å². The lowest BCUT2D eigenvalue weighted by atomic mass is 9.89. The van der Waals surface area contributed by atoms with Crippen LogP contribution in [0.25, 0.3) is 11.0 Å². The van der Waals surface area contributed by atoms with Gasteiger partial charge in [-0.25, -0.2) is 4.98 Å². The zero-order valence-electron chi connectivity index (χ0n) is 13.7. The SMILES string of the molecule is O=C(Nc1nnc(SCc2nc3ccccc3[nH]2)s1)C1CCCCC1. The number of aromatic nitrogens is 4. The number of hydrogen-bond acceptors (Lipinski definition) is 6. The van der Waals surface area contributed by atoms with Crippen LogP contribution in [0.4, 0.5) is 5.13 Å². The van der Waals surface area contributed by atoms with Crippen molar-refractivity contribution in [2.75, 3.05) is 5.32 Å². The Morgan fingerprint density at radius 3 is 2.92 bits per heavy atom. The highest BCUT2D eigenvalue weighted by Crippen LogP contribution is 2.30. The second kappa shape index (κ2) is 7.53. The van der Waals surface area contributed by atoms with E-state index in [-0.39, 0.29) is 11.8 Å². The molecule has 4 rings (SSSR count). The van der Waals surface area contributed by atoms with Crippen molar-refractivity contribution in [3.8, 4) is 0 Å². The Morgan fingerprint density at radius 2 is 2.08 bits per heavy atom. The van der Waals surface area contributed by atoms with E-state index in [0.717, 1.165) is 46.9 Å². The molecule has 130 valence electrons. The Bertz CT molecular complexity index is 836. The average molecular weight is 374 g/mol. The molecule has 0 radical (unpaired) electrons. The fourth-order valence-electron chi connectivity index (χ4n) is 3.09. The highest BCUT2D eigenvalue weighted by atomic mass is 32.2. The molecule has 0 atom stereocenters. The predicted octanol–water partition coefficient (Wildman–Crippen LogP) is 4.23. The van der Waals surface area contributed by atoms with Gasteiger partial charge in [0.2, 0.25) is 11.0 Å². The number of nitrogens with one attached hydrogen (secondary N) is 2. The second-order valence-corrected chi connectivity index (χ2v) is 8.39. The number of thioether (sulfide) groups is 1. The molecule has 1 aliphatic rings. The third-order valence-corrected chi connectivity index (χ3v) is 6.37. The molecule has 8 heteroatoms. The van der Waals surface area contributed by atoms with Crippen LogP contribution in [-0.4, -0.2) is 26.1 Å². The molecule has 1 amide bonds. The van der Waals surface area contributed by atoms with Gasteiger partial charge in [0, 0.05) is 5.92 Å². The van der Waals surface area contributed by atoms with Crippen molar-refractivity contribution in [1.29, 1.82) is 0 Å². The first kappa shape index (κ1) is 16.5. The molecule has 3 aromatic rings. The Hall–Kier alpha value is -1.93. The van der Waals surface area contributed by atoms with E-state index >= 15 is 0 Å². The second-order valence-electron chi connectivity index (χ2n) is 6.19. The number of carbonyl (C=O) groups excluding carboxylic acids is 1. The fraction of sp³-hybridized carbons (Fsp3) is 0.412. The molecule has 0 bridgehead atoms. The van der Waals surface area contributed by atoms with Crippen molar-refractivity contribution in [1.82, 2.24) is 20.2 Å². The van der Waals surface area contributed by atoms with E-state index in [1.807, 2.05) is 24.3 Å². The topological polar surface area (TPSA) is 83.6 Å². The van der Waals surface area contributed by atoms with Crippen molar-refractivity contribution >= 4 is 45.2 Å². The van der Waals surface area contributed by atoms with Crippen LogP contribution in [-0.2, 0) is 10.5 Å². The first-order valence-corrected chi connectivity index (χ1v) is 10.3. The summed E-state index contributed by atoms with van der Waals surface area (Å²) in [4.78, 5) is 20.1. The number of imidazole rings is 1. The smallest absolute Gasteiger partial charge is 0.229 e. The van der Waals surface area contributed by atoms with Gasteiger partial charge in [0.1, 0.15) is 5.82 Å². The number of anilines is 1. The van der Waals surface area contributed by atoms with Crippen LogP contribution in [0.2, 0.25) is 0 Å². The molecule has 0 saturated heterocycles. The Balaban J connectivity index is 1.33. The number of amides is 1. The maximum atomic E-state index is 12.3. The maximum absolute atomic E-state index is 12.3. The number of carbonyl (C=O) groups is 1. The highest BCUT2D eigenvalue weighted by Gasteiger charge is 2.22. The highest BCUT2D eigenvalue weighted by molar-refractivity contribution is 8.00. The lowest BCUT2D eigenvalue weighted by Crippen LogP contribution is -2.24. The molecule has 0 spiro atoms. The summed E-state index contributed by atoms with van der Waals surface area (Å²) >= 11 is 2.99. The van der Waals surface area contributed by atoms with Gasteiger partial charge in [0.05, 0.1) is 16.8 Å². The first-order valence-electron chi connectivity index (χ1n) is 8.49. The summed E-state index contributed by atoms with van der Waals surface area (Å²) in [6, 6.07) is 7.97. The lowest BCUT2D eigenvalue weighted by molar-refractivity contribution is -0.120. The van der Waals surface area contributed by atoms with Gasteiger partial charge >= 0.3 is 0 Å². The normalized spacial score (nSPS) is 15.5. The molecule has 1 aromatic carbocycles. The van der Waals surface area contributed by atoms with Gasteiger partial charge in [0.25, 0.3) is 0 Å². The predicted molar refractivity (Wildman–Crippen MR) is 101 cm³/mol. The first-order chi connectivity index (χ1) is 12.3. The van der Waals surface area contributed by atoms with Gasteiger partial charge in [-0.2, -0.15) is 0 Å². The third-order valence-electron chi connectivity index (χ3n) is 4.38. The minimum Gasteiger partial charge on any atom is -0.341 e. The largest absolute Gasteiger partial charge is 0.341 e. The zero-order valence-corrected chi connectivity index (χ0v) is 15.3. The van der Waals surface area contributed by atoms with Crippen LogP contribution in [0.1, 0.15) is 37.9 Å². The number of para-hydroxylation sites is 2. The minimum absolute atomic E-state index is 0.0877. The van der Waals surface area contributed by atoms with E-state index in [0.29, 0.717) is 10.9 Å². The van der Waals surface area contributed by atoms with Gasteiger partial charge in [-0.1, -0.05) is 54.5 Å². The van der Waals surface area contributed by atoms with Crippen LogP contribution < -0.4 is 5.32 Å². The molecule has 1 fully saturated rings. The number of benzene rings is 1. The Labute approximate surface area is 153 Å².